The number of nitrogens with one attached hydrogen (secondary N) is 1. The first-order valence-corrected chi connectivity index (χ1v) is 7.28. The number of hydrogen-bond donors (Lipinski definition) is 2. The summed E-state index contributed by atoms with van der Waals surface area (Å²) in [6, 6.07) is -0.750. The fourth-order valence-electron chi connectivity index (χ4n) is 1.71. The highest BCUT2D eigenvalue weighted by molar-refractivity contribution is 7.91. The summed E-state index contributed by atoms with van der Waals surface area (Å²) in [6.07, 6.45) is 2.25. The van der Waals surface area contributed by atoms with E-state index in [1.807, 2.05) is 0 Å². The first kappa shape index (κ1) is 14.5. The van der Waals surface area contributed by atoms with Crippen LogP contribution in [0.5, 0.6) is 0 Å². The summed E-state index contributed by atoms with van der Waals surface area (Å²) in [5.41, 5.74) is 0. The molecule has 1 saturated heterocycles. The quantitative estimate of drug-likeness (QED) is 0.673. The molecule has 0 spiro atoms. The highest BCUT2D eigenvalue weighted by Gasteiger charge is 2.30. The first-order chi connectivity index (χ1) is 8.32. The molecule has 1 atom stereocenters. The van der Waals surface area contributed by atoms with Gasteiger partial charge in [-0.1, -0.05) is 6.08 Å². The van der Waals surface area contributed by atoms with E-state index in [0.717, 1.165) is 6.08 Å². The lowest BCUT2D eigenvalue weighted by Gasteiger charge is -2.32. The maximum Gasteiger partial charge on any atom is 0.328 e. The average Bonchev–Trinajstić information content (AvgIpc) is 2.22. The molecule has 2 N–H and O–H groups in total. The third-order valence-electron chi connectivity index (χ3n) is 2.56. The standard InChI is InChI=1S/C10H16N2O5S/c1-8-7-18(16,17)6-5-12(8)10(15)11-4-2-3-9(13)14/h2-3,8H,4-7H2,1H3,(H,11,15)(H,13,14)/b3-2+. The number of rotatable bonds is 3. The number of carboxylic acid groups (broad SMARTS) is 1. The summed E-state index contributed by atoms with van der Waals surface area (Å²) in [6.45, 7) is 1.93. The summed E-state index contributed by atoms with van der Waals surface area (Å²) in [4.78, 5) is 23.3. The van der Waals surface area contributed by atoms with Crippen LogP contribution in [0.3, 0.4) is 0 Å². The van der Waals surface area contributed by atoms with Gasteiger partial charge in [0.25, 0.3) is 0 Å². The van der Waals surface area contributed by atoms with E-state index < -0.39 is 15.8 Å². The number of amides is 2. The summed E-state index contributed by atoms with van der Waals surface area (Å²) >= 11 is 0. The summed E-state index contributed by atoms with van der Waals surface area (Å²) < 4.78 is 22.7. The Kier molecular flexibility index (Phi) is 4.71. The van der Waals surface area contributed by atoms with Crippen molar-refractivity contribution in [3.63, 3.8) is 0 Å². The van der Waals surface area contributed by atoms with E-state index in [2.05, 4.69) is 5.32 Å². The molecule has 7 nitrogen and oxygen atoms in total. The Morgan fingerprint density at radius 1 is 1.50 bits per heavy atom. The van der Waals surface area contributed by atoms with E-state index in [0.29, 0.717) is 0 Å². The zero-order chi connectivity index (χ0) is 13.8. The van der Waals surface area contributed by atoms with Gasteiger partial charge in [0, 0.05) is 25.2 Å². The van der Waals surface area contributed by atoms with Crippen molar-refractivity contribution in [2.24, 2.45) is 0 Å². The molecule has 102 valence electrons. The summed E-state index contributed by atoms with van der Waals surface area (Å²) in [5, 5.41) is 10.9. The minimum atomic E-state index is -3.05. The number of hydrogen-bond acceptors (Lipinski definition) is 4. The van der Waals surface area contributed by atoms with Crippen LogP contribution >= 0.6 is 0 Å². The van der Waals surface area contributed by atoms with Crippen molar-refractivity contribution in [1.82, 2.24) is 10.2 Å². The van der Waals surface area contributed by atoms with Crippen LogP contribution in [0, 0.1) is 0 Å². The van der Waals surface area contributed by atoms with Crippen molar-refractivity contribution in [2.45, 2.75) is 13.0 Å². The Labute approximate surface area is 105 Å². The molecule has 1 aliphatic rings. The molecule has 0 aliphatic carbocycles. The third-order valence-corrected chi connectivity index (χ3v) is 4.36. The van der Waals surface area contributed by atoms with Crippen LogP contribution in [0.4, 0.5) is 4.79 Å². The predicted molar refractivity (Wildman–Crippen MR) is 65.0 cm³/mol. The van der Waals surface area contributed by atoms with Crippen LogP contribution in [-0.2, 0) is 14.6 Å². The monoisotopic (exact) mass is 276 g/mol. The number of urea groups is 1. The van der Waals surface area contributed by atoms with Gasteiger partial charge < -0.3 is 15.3 Å². The lowest BCUT2D eigenvalue weighted by atomic mass is 10.3. The Morgan fingerprint density at radius 2 is 2.17 bits per heavy atom. The molecule has 0 radical (unpaired) electrons. The van der Waals surface area contributed by atoms with Gasteiger partial charge in [-0.2, -0.15) is 0 Å². The van der Waals surface area contributed by atoms with Crippen molar-refractivity contribution in [3.05, 3.63) is 12.2 Å². The number of carbonyl (C=O) groups excluding carboxylic acids is 1. The third kappa shape index (κ3) is 4.36. The van der Waals surface area contributed by atoms with Gasteiger partial charge in [-0.25, -0.2) is 18.0 Å². The highest BCUT2D eigenvalue weighted by Crippen LogP contribution is 2.11. The number of sulfone groups is 1. The maximum atomic E-state index is 11.7. The summed E-state index contributed by atoms with van der Waals surface area (Å²) in [7, 11) is -3.05. The molecule has 18 heavy (non-hydrogen) atoms. The SMILES string of the molecule is CC1CS(=O)(=O)CCN1C(=O)NC/C=C/C(=O)O. The van der Waals surface area contributed by atoms with Crippen LogP contribution in [0.15, 0.2) is 12.2 Å². The second-order valence-electron chi connectivity index (χ2n) is 4.08. The van der Waals surface area contributed by atoms with Gasteiger partial charge in [0.05, 0.1) is 11.5 Å². The average molecular weight is 276 g/mol. The molecule has 1 fully saturated rings. The molecule has 8 heteroatoms. The van der Waals surface area contributed by atoms with E-state index in [1.165, 1.54) is 11.0 Å². The molecule has 0 aromatic rings. The van der Waals surface area contributed by atoms with E-state index in [4.69, 9.17) is 5.11 Å². The number of nitrogens with zero attached hydrogens (tertiary/aromatic N) is 1. The Bertz CT molecular complexity index is 457. The van der Waals surface area contributed by atoms with Crippen LogP contribution < -0.4 is 5.32 Å². The molecular formula is C10H16N2O5S. The Balaban J connectivity index is 2.46. The van der Waals surface area contributed by atoms with Gasteiger partial charge in [0.1, 0.15) is 0 Å². The second kappa shape index (κ2) is 5.85. The lowest BCUT2D eigenvalue weighted by molar-refractivity contribution is -0.131. The zero-order valence-corrected chi connectivity index (χ0v) is 10.8. The fourth-order valence-corrected chi connectivity index (χ4v) is 3.26. The first-order valence-electron chi connectivity index (χ1n) is 5.46. The van der Waals surface area contributed by atoms with Crippen molar-refractivity contribution in [3.8, 4) is 0 Å². The van der Waals surface area contributed by atoms with Gasteiger partial charge in [-0.05, 0) is 6.92 Å². The van der Waals surface area contributed by atoms with E-state index in [9.17, 15) is 18.0 Å². The predicted octanol–water partition coefficient (Wildman–Crippen LogP) is -0.544. The van der Waals surface area contributed by atoms with Gasteiger partial charge >= 0.3 is 12.0 Å². The fraction of sp³-hybridized carbons (Fsp3) is 0.600. The largest absolute Gasteiger partial charge is 0.478 e. The van der Waals surface area contributed by atoms with Crippen molar-refractivity contribution >= 4 is 21.8 Å². The second-order valence-corrected chi connectivity index (χ2v) is 6.31. The van der Waals surface area contributed by atoms with Crippen LogP contribution in [0.2, 0.25) is 0 Å². The van der Waals surface area contributed by atoms with E-state index >= 15 is 0 Å². The van der Waals surface area contributed by atoms with Gasteiger partial charge in [-0.15, -0.1) is 0 Å². The van der Waals surface area contributed by atoms with Gasteiger partial charge in [-0.3, -0.25) is 0 Å². The zero-order valence-electron chi connectivity index (χ0n) is 10.00. The highest BCUT2D eigenvalue weighted by atomic mass is 32.2. The van der Waals surface area contributed by atoms with Crippen molar-refractivity contribution < 1.29 is 23.1 Å². The molecule has 0 aromatic heterocycles. The molecule has 1 rings (SSSR count). The molecular weight excluding hydrogens is 260 g/mol. The minimum absolute atomic E-state index is 0.0320. The molecule has 0 bridgehead atoms. The molecule has 1 heterocycles. The smallest absolute Gasteiger partial charge is 0.328 e. The van der Waals surface area contributed by atoms with E-state index in [1.54, 1.807) is 6.92 Å². The lowest BCUT2D eigenvalue weighted by Crippen LogP contribution is -2.53. The molecule has 0 saturated carbocycles. The molecule has 2 amide bonds. The molecule has 1 aliphatic heterocycles. The maximum absolute atomic E-state index is 11.7. The van der Waals surface area contributed by atoms with Crippen molar-refractivity contribution in [1.29, 1.82) is 0 Å². The van der Waals surface area contributed by atoms with Crippen LogP contribution in [0.25, 0.3) is 0 Å². The Morgan fingerprint density at radius 3 is 2.72 bits per heavy atom. The van der Waals surface area contributed by atoms with Crippen molar-refractivity contribution in [2.75, 3.05) is 24.6 Å². The molecule has 1 unspecified atom stereocenters. The van der Waals surface area contributed by atoms with E-state index in [-0.39, 0.29) is 36.7 Å². The topological polar surface area (TPSA) is 104 Å². The Hall–Kier alpha value is -1.57. The van der Waals surface area contributed by atoms with Crippen LogP contribution in [-0.4, -0.2) is 61.1 Å². The number of carbonyl (C=O) groups is 2. The minimum Gasteiger partial charge on any atom is -0.478 e. The van der Waals surface area contributed by atoms with Gasteiger partial charge in [0.2, 0.25) is 0 Å². The number of carboxylic acids is 1. The molecule has 0 aromatic carbocycles. The normalized spacial score (nSPS) is 22.9. The van der Waals surface area contributed by atoms with Gasteiger partial charge in [0.15, 0.2) is 9.84 Å². The number of aliphatic carboxylic acids is 1. The summed E-state index contributed by atoms with van der Waals surface area (Å²) in [5.74, 6) is -1.15. The van der Waals surface area contributed by atoms with Crippen LogP contribution in [0.1, 0.15) is 6.92 Å².